The molecule has 1 saturated heterocycles. The molecular formula is C31H44N4O6. The standard InChI is InChI=1S/C31H44N4O6/c1-6-9-24(26(36)28(38)32-22-12-13-22)33-27(37)25-16-23(18-35(25)29(39)19(2)31(3,4)5)41-30(40)34-15-14-20-10-7-8-11-21(20)17-34/h7-8,10-11,19,22-25H,6,9,12-18H2,1-5H3,(H,32,38)(H,33,37)/t19-,23-,24?,25+/m1/s1. The Kier molecular flexibility index (Phi) is 9.39. The SMILES string of the molecule is CCCC(NC(=O)[C@@H]1C[C@@H](OC(=O)N2CCc3ccccc3C2)CN1C(=O)[C@@H](C)C(C)(C)C)C(=O)C(=O)NC1CC1. The molecule has 2 fully saturated rings. The van der Waals surface area contributed by atoms with E-state index in [1.165, 1.54) is 10.5 Å². The first-order chi connectivity index (χ1) is 19.4. The molecule has 4 atom stereocenters. The smallest absolute Gasteiger partial charge is 0.410 e. The van der Waals surface area contributed by atoms with Gasteiger partial charge < -0.3 is 25.2 Å². The lowest BCUT2D eigenvalue weighted by molar-refractivity contribution is -0.145. The lowest BCUT2D eigenvalue weighted by Crippen LogP contribution is -2.54. The summed E-state index contributed by atoms with van der Waals surface area (Å²) in [5.74, 6) is -2.51. The van der Waals surface area contributed by atoms with Crippen molar-refractivity contribution in [1.29, 1.82) is 0 Å². The molecule has 41 heavy (non-hydrogen) atoms. The number of carbonyl (C=O) groups excluding carboxylic acids is 5. The van der Waals surface area contributed by atoms with Crippen LogP contribution in [0.25, 0.3) is 0 Å². The summed E-state index contributed by atoms with van der Waals surface area (Å²) in [6, 6.07) is 6.10. The molecule has 224 valence electrons. The summed E-state index contributed by atoms with van der Waals surface area (Å²) < 4.78 is 5.86. The Labute approximate surface area is 242 Å². The van der Waals surface area contributed by atoms with E-state index in [0.717, 1.165) is 24.8 Å². The van der Waals surface area contributed by atoms with Crippen LogP contribution in [-0.4, -0.2) is 76.7 Å². The molecule has 3 aliphatic rings. The Bertz CT molecular complexity index is 1170. The van der Waals surface area contributed by atoms with Gasteiger partial charge in [0, 0.05) is 31.5 Å². The number of rotatable bonds is 9. The minimum Gasteiger partial charge on any atom is -0.444 e. The molecule has 2 aliphatic heterocycles. The van der Waals surface area contributed by atoms with Gasteiger partial charge in [-0.25, -0.2) is 4.79 Å². The van der Waals surface area contributed by atoms with Crippen molar-refractivity contribution in [3.63, 3.8) is 0 Å². The maximum Gasteiger partial charge on any atom is 0.410 e. The van der Waals surface area contributed by atoms with Crippen LogP contribution < -0.4 is 10.6 Å². The maximum absolute atomic E-state index is 13.6. The molecule has 1 unspecified atom stereocenters. The molecule has 0 bridgehead atoms. The summed E-state index contributed by atoms with van der Waals surface area (Å²) in [5.41, 5.74) is 1.94. The van der Waals surface area contributed by atoms with Crippen molar-refractivity contribution in [2.45, 2.75) is 104 Å². The van der Waals surface area contributed by atoms with E-state index in [1.54, 1.807) is 4.90 Å². The van der Waals surface area contributed by atoms with E-state index in [9.17, 15) is 24.0 Å². The molecule has 0 radical (unpaired) electrons. The van der Waals surface area contributed by atoms with Gasteiger partial charge in [-0.3, -0.25) is 19.2 Å². The summed E-state index contributed by atoms with van der Waals surface area (Å²) in [6.45, 7) is 10.6. The van der Waals surface area contributed by atoms with Crippen molar-refractivity contribution in [3.05, 3.63) is 35.4 Å². The summed E-state index contributed by atoms with van der Waals surface area (Å²) in [7, 11) is 0. The van der Waals surface area contributed by atoms with E-state index in [1.807, 2.05) is 52.8 Å². The van der Waals surface area contributed by atoms with E-state index in [2.05, 4.69) is 16.7 Å². The highest BCUT2D eigenvalue weighted by molar-refractivity contribution is 6.38. The van der Waals surface area contributed by atoms with E-state index >= 15 is 0 Å². The molecule has 2 heterocycles. The summed E-state index contributed by atoms with van der Waals surface area (Å²) in [5, 5.41) is 5.44. The van der Waals surface area contributed by atoms with Crippen LogP contribution in [0.2, 0.25) is 0 Å². The first-order valence-electron chi connectivity index (χ1n) is 14.9. The van der Waals surface area contributed by atoms with Gasteiger partial charge in [-0.05, 0) is 42.2 Å². The molecule has 0 spiro atoms. The summed E-state index contributed by atoms with van der Waals surface area (Å²) in [6.07, 6.45) is 2.28. The maximum atomic E-state index is 13.6. The third-order valence-corrected chi connectivity index (χ3v) is 8.52. The molecule has 2 N–H and O–H groups in total. The Morgan fingerprint density at radius 1 is 1.07 bits per heavy atom. The third kappa shape index (κ3) is 7.45. The Balaban J connectivity index is 1.47. The second-order valence-corrected chi connectivity index (χ2v) is 12.7. The minimum absolute atomic E-state index is 0.0232. The van der Waals surface area contributed by atoms with Crippen molar-refractivity contribution < 1.29 is 28.7 Å². The van der Waals surface area contributed by atoms with Crippen LogP contribution in [0.1, 0.15) is 77.8 Å². The zero-order valence-electron chi connectivity index (χ0n) is 24.9. The highest BCUT2D eigenvalue weighted by Gasteiger charge is 2.45. The molecule has 4 amide bonds. The Morgan fingerprint density at radius 3 is 2.39 bits per heavy atom. The number of hydrogen-bond acceptors (Lipinski definition) is 6. The van der Waals surface area contributed by atoms with Crippen LogP contribution in [0.4, 0.5) is 4.79 Å². The van der Waals surface area contributed by atoms with Gasteiger partial charge in [0.15, 0.2) is 0 Å². The summed E-state index contributed by atoms with van der Waals surface area (Å²) in [4.78, 5) is 68.8. The monoisotopic (exact) mass is 568 g/mol. The van der Waals surface area contributed by atoms with Crippen LogP contribution in [0.15, 0.2) is 24.3 Å². The highest BCUT2D eigenvalue weighted by atomic mass is 16.6. The quantitative estimate of drug-likeness (QED) is 0.442. The van der Waals surface area contributed by atoms with Crippen molar-refractivity contribution in [2.75, 3.05) is 13.1 Å². The van der Waals surface area contributed by atoms with Gasteiger partial charge in [0.1, 0.15) is 12.1 Å². The number of benzene rings is 1. The van der Waals surface area contributed by atoms with Gasteiger partial charge >= 0.3 is 6.09 Å². The largest absolute Gasteiger partial charge is 0.444 e. The van der Waals surface area contributed by atoms with E-state index in [-0.39, 0.29) is 30.3 Å². The van der Waals surface area contributed by atoms with Crippen molar-refractivity contribution >= 4 is 29.6 Å². The number of amides is 4. The fourth-order valence-electron chi connectivity index (χ4n) is 5.33. The Morgan fingerprint density at radius 2 is 1.76 bits per heavy atom. The average molecular weight is 569 g/mol. The number of likely N-dealkylation sites (tertiary alicyclic amines) is 1. The second kappa shape index (κ2) is 12.6. The highest BCUT2D eigenvalue weighted by Crippen LogP contribution is 2.31. The lowest BCUT2D eigenvalue weighted by atomic mass is 9.81. The van der Waals surface area contributed by atoms with Crippen molar-refractivity contribution in [3.8, 4) is 0 Å². The van der Waals surface area contributed by atoms with Crippen LogP contribution >= 0.6 is 0 Å². The van der Waals surface area contributed by atoms with Gasteiger partial charge in [0.25, 0.3) is 5.91 Å². The van der Waals surface area contributed by atoms with Crippen LogP contribution in [0.5, 0.6) is 0 Å². The Hall–Kier alpha value is -3.43. The van der Waals surface area contributed by atoms with Gasteiger partial charge in [-0.2, -0.15) is 0 Å². The number of nitrogens with one attached hydrogen (secondary N) is 2. The van der Waals surface area contributed by atoms with Gasteiger partial charge in [-0.1, -0.05) is 65.3 Å². The number of nitrogens with zero attached hydrogens (tertiary/aromatic N) is 2. The van der Waals surface area contributed by atoms with Crippen molar-refractivity contribution in [2.24, 2.45) is 11.3 Å². The molecular weight excluding hydrogens is 524 g/mol. The fourth-order valence-corrected chi connectivity index (χ4v) is 5.33. The van der Waals surface area contributed by atoms with Gasteiger partial charge in [0.2, 0.25) is 17.6 Å². The topological polar surface area (TPSA) is 125 Å². The molecule has 1 aromatic rings. The molecule has 4 rings (SSSR count). The van der Waals surface area contributed by atoms with Crippen LogP contribution in [-0.2, 0) is 36.9 Å². The van der Waals surface area contributed by atoms with E-state index in [0.29, 0.717) is 25.9 Å². The van der Waals surface area contributed by atoms with Crippen LogP contribution in [0.3, 0.4) is 0 Å². The number of ketones is 1. The predicted octanol–water partition coefficient (Wildman–Crippen LogP) is 2.97. The average Bonchev–Trinajstić information content (AvgIpc) is 3.66. The molecule has 1 aromatic carbocycles. The predicted molar refractivity (Wildman–Crippen MR) is 153 cm³/mol. The first-order valence-corrected chi connectivity index (χ1v) is 14.9. The van der Waals surface area contributed by atoms with Gasteiger partial charge in [0.05, 0.1) is 12.6 Å². The molecule has 10 heteroatoms. The van der Waals surface area contributed by atoms with E-state index in [4.69, 9.17) is 4.74 Å². The number of fused-ring (bicyclic) bond motifs is 1. The third-order valence-electron chi connectivity index (χ3n) is 8.52. The number of Topliss-reactive ketones (excluding diaryl/α,β-unsaturated/α-hetero) is 1. The zero-order chi connectivity index (χ0) is 29.9. The second-order valence-electron chi connectivity index (χ2n) is 12.7. The lowest BCUT2D eigenvalue weighted by Gasteiger charge is -2.33. The molecule has 0 aromatic heterocycles. The number of carbonyl (C=O) groups is 5. The van der Waals surface area contributed by atoms with Crippen molar-refractivity contribution in [1.82, 2.24) is 20.4 Å². The number of ether oxygens (including phenoxy) is 1. The summed E-state index contributed by atoms with van der Waals surface area (Å²) >= 11 is 0. The first kappa shape index (κ1) is 30.5. The normalized spacial score (nSPS) is 21.9. The van der Waals surface area contributed by atoms with Crippen LogP contribution in [0, 0.1) is 11.3 Å². The van der Waals surface area contributed by atoms with E-state index < -0.39 is 47.8 Å². The van der Waals surface area contributed by atoms with Gasteiger partial charge in [-0.15, -0.1) is 0 Å². The minimum atomic E-state index is -0.988. The zero-order valence-corrected chi connectivity index (χ0v) is 24.9. The molecule has 1 aliphatic carbocycles. The molecule has 10 nitrogen and oxygen atoms in total. The number of hydrogen-bond donors (Lipinski definition) is 2. The fraction of sp³-hybridized carbons (Fsp3) is 0.645. The molecule has 1 saturated carbocycles.